The van der Waals surface area contributed by atoms with Crippen LogP contribution in [-0.2, 0) is 20.4 Å². The number of hydrogen-bond donors (Lipinski definition) is 1. The number of carbonyl (C=O) groups is 1. The molecular formula is C12H13NO4S. The molecule has 0 saturated heterocycles. The molecule has 0 spiro atoms. The van der Waals surface area contributed by atoms with Gasteiger partial charge in [0.05, 0.1) is 17.4 Å². The molecule has 0 unspecified atom stereocenters. The smallest absolute Gasteiger partial charge is 0.324 e. The monoisotopic (exact) mass is 267 g/mol. The van der Waals surface area contributed by atoms with Crippen molar-refractivity contribution < 1.29 is 18.3 Å². The van der Waals surface area contributed by atoms with Gasteiger partial charge >= 0.3 is 5.97 Å². The van der Waals surface area contributed by atoms with Gasteiger partial charge in [-0.15, -0.1) is 0 Å². The zero-order valence-electron chi connectivity index (χ0n) is 10.0. The minimum Gasteiger partial charge on any atom is -0.480 e. The van der Waals surface area contributed by atoms with Crippen molar-refractivity contribution in [3.05, 3.63) is 35.4 Å². The molecular weight excluding hydrogens is 254 g/mol. The fourth-order valence-electron chi connectivity index (χ4n) is 1.26. The van der Waals surface area contributed by atoms with Crippen molar-refractivity contribution in [2.45, 2.75) is 24.3 Å². The summed E-state index contributed by atoms with van der Waals surface area (Å²) in [6.07, 6.45) is 0. The van der Waals surface area contributed by atoms with Crippen molar-refractivity contribution in [2.24, 2.45) is 0 Å². The largest absolute Gasteiger partial charge is 0.480 e. The fraction of sp³-hybridized carbons (Fsp3) is 0.333. The number of hydrogen-bond acceptors (Lipinski definition) is 4. The summed E-state index contributed by atoms with van der Waals surface area (Å²) in [5.74, 6) is -1.79. The van der Waals surface area contributed by atoms with Crippen LogP contribution in [0.3, 0.4) is 0 Å². The van der Waals surface area contributed by atoms with E-state index in [9.17, 15) is 13.2 Å². The van der Waals surface area contributed by atoms with E-state index in [0.717, 1.165) is 13.8 Å². The highest BCUT2D eigenvalue weighted by atomic mass is 32.2. The van der Waals surface area contributed by atoms with Gasteiger partial charge in [0.15, 0.2) is 14.6 Å². The van der Waals surface area contributed by atoms with Crippen LogP contribution in [0.4, 0.5) is 0 Å². The molecule has 0 aliphatic rings. The van der Waals surface area contributed by atoms with Gasteiger partial charge in [-0.2, -0.15) is 5.26 Å². The van der Waals surface area contributed by atoms with E-state index in [4.69, 9.17) is 10.4 Å². The second kappa shape index (κ2) is 4.78. The Labute approximate surface area is 106 Å². The van der Waals surface area contributed by atoms with Crippen LogP contribution in [-0.4, -0.2) is 24.2 Å². The Morgan fingerprint density at radius 1 is 1.44 bits per heavy atom. The van der Waals surface area contributed by atoms with Crippen LogP contribution in [0, 0.1) is 11.3 Å². The van der Waals surface area contributed by atoms with Crippen molar-refractivity contribution in [3.63, 3.8) is 0 Å². The highest BCUT2D eigenvalue weighted by Crippen LogP contribution is 2.22. The molecule has 1 aromatic carbocycles. The summed E-state index contributed by atoms with van der Waals surface area (Å²) in [4.78, 5) is 10.9. The summed E-state index contributed by atoms with van der Waals surface area (Å²) in [7, 11) is -3.85. The summed E-state index contributed by atoms with van der Waals surface area (Å²) in [6.45, 7) is 2.30. The first-order chi connectivity index (χ1) is 8.20. The second-order valence-electron chi connectivity index (χ2n) is 4.39. The van der Waals surface area contributed by atoms with Gasteiger partial charge in [0, 0.05) is 0 Å². The zero-order chi connectivity index (χ0) is 14.0. The molecule has 6 heteroatoms. The summed E-state index contributed by atoms with van der Waals surface area (Å²) >= 11 is 0. The van der Waals surface area contributed by atoms with Gasteiger partial charge in [-0.1, -0.05) is 12.1 Å². The van der Waals surface area contributed by atoms with Crippen LogP contribution in [0.15, 0.2) is 24.3 Å². The summed E-state index contributed by atoms with van der Waals surface area (Å²) in [6, 6.07) is 8.02. The maximum Gasteiger partial charge on any atom is 0.324 e. The van der Waals surface area contributed by atoms with Crippen LogP contribution in [0.5, 0.6) is 0 Å². The maximum absolute atomic E-state index is 12.0. The number of nitriles is 1. The predicted octanol–water partition coefficient (Wildman–Crippen LogP) is 1.34. The Hall–Kier alpha value is -1.87. The third-order valence-electron chi connectivity index (χ3n) is 2.71. The van der Waals surface area contributed by atoms with E-state index < -0.39 is 26.3 Å². The number of rotatable bonds is 4. The zero-order valence-corrected chi connectivity index (χ0v) is 10.9. The molecule has 1 N–H and O–H groups in total. The lowest BCUT2D eigenvalue weighted by Gasteiger charge is -2.19. The number of sulfone groups is 1. The molecule has 0 amide bonds. The number of carboxylic acids is 1. The molecule has 0 bridgehead atoms. The number of carboxylic acid groups (broad SMARTS) is 1. The topological polar surface area (TPSA) is 95.2 Å². The first-order valence-corrected chi connectivity index (χ1v) is 6.80. The first kappa shape index (κ1) is 14.2. The quantitative estimate of drug-likeness (QED) is 0.888. The fourth-order valence-corrected chi connectivity index (χ4v) is 2.51. The van der Waals surface area contributed by atoms with E-state index >= 15 is 0 Å². The van der Waals surface area contributed by atoms with Gasteiger partial charge in [-0.05, 0) is 31.5 Å². The molecule has 0 fully saturated rings. The van der Waals surface area contributed by atoms with Gasteiger partial charge in [0.1, 0.15) is 0 Å². The van der Waals surface area contributed by atoms with E-state index in [1.807, 2.05) is 6.07 Å². The SMILES string of the molecule is CC(C)(C(=O)O)S(=O)(=O)Cc1cccc(C#N)c1. The summed E-state index contributed by atoms with van der Waals surface area (Å²) < 4.78 is 22.1. The van der Waals surface area contributed by atoms with Crippen molar-refractivity contribution in [3.8, 4) is 6.07 Å². The van der Waals surface area contributed by atoms with E-state index in [2.05, 4.69) is 0 Å². The summed E-state index contributed by atoms with van der Waals surface area (Å²) in [5.41, 5.74) is 0.749. The van der Waals surface area contributed by atoms with Gasteiger partial charge in [-0.25, -0.2) is 8.42 Å². The van der Waals surface area contributed by atoms with E-state index in [-0.39, 0.29) is 0 Å². The Bertz CT molecular complexity index is 611. The predicted molar refractivity (Wildman–Crippen MR) is 65.5 cm³/mol. The number of aliphatic carboxylic acids is 1. The summed E-state index contributed by atoms with van der Waals surface area (Å²) in [5, 5.41) is 17.6. The Morgan fingerprint density at radius 3 is 2.56 bits per heavy atom. The van der Waals surface area contributed by atoms with Crippen LogP contribution >= 0.6 is 0 Å². The van der Waals surface area contributed by atoms with E-state index in [1.165, 1.54) is 6.07 Å². The number of benzene rings is 1. The Kier molecular flexibility index (Phi) is 3.77. The highest BCUT2D eigenvalue weighted by Gasteiger charge is 2.41. The molecule has 0 aliphatic heterocycles. The molecule has 1 aromatic rings. The molecule has 18 heavy (non-hydrogen) atoms. The standard InChI is InChI=1S/C12H13NO4S/c1-12(2,11(14)15)18(16,17)8-10-5-3-4-9(6-10)7-13/h3-6H,8H2,1-2H3,(H,14,15). The minimum absolute atomic E-state index is 0.343. The van der Waals surface area contributed by atoms with Gasteiger partial charge in [0.2, 0.25) is 0 Å². The van der Waals surface area contributed by atoms with E-state index in [0.29, 0.717) is 11.1 Å². The maximum atomic E-state index is 12.0. The molecule has 96 valence electrons. The Balaban J connectivity index is 3.11. The molecule has 0 saturated carbocycles. The molecule has 0 atom stereocenters. The third kappa shape index (κ3) is 2.68. The van der Waals surface area contributed by atoms with Crippen molar-refractivity contribution in [1.29, 1.82) is 5.26 Å². The van der Waals surface area contributed by atoms with Crippen molar-refractivity contribution in [1.82, 2.24) is 0 Å². The van der Waals surface area contributed by atoms with Gasteiger partial charge in [-0.3, -0.25) is 4.79 Å². The average Bonchev–Trinajstić information content (AvgIpc) is 2.28. The molecule has 5 nitrogen and oxygen atoms in total. The molecule has 0 aliphatic carbocycles. The normalized spacial score (nSPS) is 11.8. The van der Waals surface area contributed by atoms with Crippen LogP contribution < -0.4 is 0 Å². The van der Waals surface area contributed by atoms with Crippen LogP contribution in [0.2, 0.25) is 0 Å². The average molecular weight is 267 g/mol. The minimum atomic E-state index is -3.85. The lowest BCUT2D eigenvalue weighted by Crippen LogP contribution is -2.41. The molecule has 0 heterocycles. The van der Waals surface area contributed by atoms with Crippen LogP contribution in [0.1, 0.15) is 25.0 Å². The third-order valence-corrected chi connectivity index (χ3v) is 5.15. The Morgan fingerprint density at radius 2 is 2.06 bits per heavy atom. The highest BCUT2D eigenvalue weighted by molar-refractivity contribution is 7.92. The molecule has 0 aromatic heterocycles. The second-order valence-corrected chi connectivity index (χ2v) is 6.93. The van der Waals surface area contributed by atoms with Gasteiger partial charge < -0.3 is 5.11 Å². The number of nitrogens with zero attached hydrogens (tertiary/aromatic N) is 1. The lowest BCUT2D eigenvalue weighted by molar-refractivity contribution is -0.139. The van der Waals surface area contributed by atoms with E-state index in [1.54, 1.807) is 18.2 Å². The molecule has 0 radical (unpaired) electrons. The van der Waals surface area contributed by atoms with Crippen molar-refractivity contribution in [2.75, 3.05) is 0 Å². The molecule has 1 rings (SSSR count). The lowest BCUT2D eigenvalue weighted by atomic mass is 10.2. The van der Waals surface area contributed by atoms with Crippen molar-refractivity contribution >= 4 is 15.8 Å². The van der Waals surface area contributed by atoms with Crippen LogP contribution in [0.25, 0.3) is 0 Å². The first-order valence-electron chi connectivity index (χ1n) is 5.15. The van der Waals surface area contributed by atoms with Gasteiger partial charge in [0.25, 0.3) is 0 Å².